The quantitative estimate of drug-likeness (QED) is 0.234. The molecule has 0 unspecified atom stereocenters. The standard InChI is InChI=1S/C16H28/c1-3-5-7-9-11-13-15-16-14-12-10-8-6-4-2/h5,14,16H,1,4,6-13,15H2,2H3. The number of unbranched alkanes of at least 4 members (excludes halogenated alkanes) is 8. The van der Waals surface area contributed by atoms with Crippen LogP contribution in [0.5, 0.6) is 0 Å². The van der Waals surface area contributed by atoms with Crippen LogP contribution in [0.2, 0.25) is 0 Å². The molecule has 16 heavy (non-hydrogen) atoms. The molecule has 0 saturated heterocycles. The molecule has 0 amide bonds. The summed E-state index contributed by atoms with van der Waals surface area (Å²) in [4.78, 5) is 0. The molecule has 92 valence electrons. The normalized spacial score (nSPS) is 10.6. The van der Waals surface area contributed by atoms with E-state index in [-0.39, 0.29) is 0 Å². The Balaban J connectivity index is 3.06. The van der Waals surface area contributed by atoms with Crippen molar-refractivity contribution in [3.63, 3.8) is 0 Å². The minimum Gasteiger partial charge on any atom is -0.133 e. The maximum Gasteiger partial charge on any atom is -0.0275 e. The van der Waals surface area contributed by atoms with Crippen LogP contribution in [0.3, 0.4) is 0 Å². The van der Waals surface area contributed by atoms with Crippen LogP contribution in [0, 0.1) is 0 Å². The van der Waals surface area contributed by atoms with Gasteiger partial charge in [0.25, 0.3) is 0 Å². The molecule has 0 atom stereocenters. The molecule has 0 aliphatic rings. The van der Waals surface area contributed by atoms with Crippen molar-refractivity contribution in [1.29, 1.82) is 0 Å². The van der Waals surface area contributed by atoms with Crippen LogP contribution in [0.1, 0.15) is 71.1 Å². The highest BCUT2D eigenvalue weighted by molar-refractivity contribution is 4.81. The maximum atomic E-state index is 3.56. The summed E-state index contributed by atoms with van der Waals surface area (Å²) in [7, 11) is 0. The fourth-order valence-corrected chi connectivity index (χ4v) is 1.71. The van der Waals surface area contributed by atoms with E-state index in [1.165, 1.54) is 57.8 Å². The summed E-state index contributed by atoms with van der Waals surface area (Å²) in [5.41, 5.74) is 2.81. The summed E-state index contributed by atoms with van der Waals surface area (Å²) >= 11 is 0. The maximum absolute atomic E-state index is 3.56. The third kappa shape index (κ3) is 13.3. The van der Waals surface area contributed by atoms with Crippen LogP contribution in [0.4, 0.5) is 0 Å². The van der Waals surface area contributed by atoms with Gasteiger partial charge >= 0.3 is 0 Å². The Hall–Kier alpha value is -0.740. The van der Waals surface area contributed by atoms with E-state index in [0.717, 1.165) is 6.42 Å². The predicted octanol–water partition coefficient (Wildman–Crippen LogP) is 5.80. The zero-order chi connectivity index (χ0) is 11.9. The molecule has 0 aromatic heterocycles. The van der Waals surface area contributed by atoms with Gasteiger partial charge in [-0.1, -0.05) is 51.3 Å². The van der Waals surface area contributed by atoms with E-state index in [1.807, 2.05) is 6.08 Å². The topological polar surface area (TPSA) is 0 Å². The van der Waals surface area contributed by atoms with Crippen LogP contribution in [-0.2, 0) is 0 Å². The van der Waals surface area contributed by atoms with E-state index in [0.29, 0.717) is 0 Å². The second-order valence-corrected chi connectivity index (χ2v) is 4.37. The molecule has 0 aliphatic heterocycles. The van der Waals surface area contributed by atoms with Crippen LogP contribution < -0.4 is 0 Å². The number of hydrogen-bond donors (Lipinski definition) is 0. The van der Waals surface area contributed by atoms with E-state index in [1.54, 1.807) is 0 Å². The Bertz CT molecular complexity index is 194. The molecule has 0 N–H and O–H groups in total. The fraction of sp³-hybridized carbons (Fsp3) is 0.688. The van der Waals surface area contributed by atoms with Gasteiger partial charge in [-0.15, -0.1) is 5.73 Å². The van der Waals surface area contributed by atoms with Gasteiger partial charge in [0, 0.05) is 0 Å². The molecule has 0 radical (unpaired) electrons. The zero-order valence-electron chi connectivity index (χ0n) is 11.0. The highest BCUT2D eigenvalue weighted by Gasteiger charge is 1.86. The van der Waals surface area contributed by atoms with Gasteiger partial charge in [0.05, 0.1) is 0 Å². The van der Waals surface area contributed by atoms with Gasteiger partial charge in [-0.05, 0) is 44.6 Å². The molecule has 0 heteroatoms. The van der Waals surface area contributed by atoms with Crippen molar-refractivity contribution in [1.82, 2.24) is 0 Å². The van der Waals surface area contributed by atoms with Crippen molar-refractivity contribution in [2.45, 2.75) is 71.1 Å². The largest absolute Gasteiger partial charge is 0.133 e. The summed E-state index contributed by atoms with van der Waals surface area (Å²) < 4.78 is 0. The first-order valence-electron chi connectivity index (χ1n) is 6.91. The van der Waals surface area contributed by atoms with Crippen molar-refractivity contribution in [3.05, 3.63) is 30.5 Å². The Morgan fingerprint density at radius 3 is 1.94 bits per heavy atom. The van der Waals surface area contributed by atoms with Crippen molar-refractivity contribution < 1.29 is 0 Å². The van der Waals surface area contributed by atoms with Gasteiger partial charge < -0.3 is 0 Å². The van der Waals surface area contributed by atoms with Gasteiger partial charge in [-0.2, -0.15) is 0 Å². The summed E-state index contributed by atoms with van der Waals surface area (Å²) in [5, 5.41) is 0. The predicted molar refractivity (Wildman–Crippen MR) is 74.7 cm³/mol. The molecular weight excluding hydrogens is 192 g/mol. The number of hydrogen-bond acceptors (Lipinski definition) is 0. The van der Waals surface area contributed by atoms with Crippen LogP contribution in [-0.4, -0.2) is 0 Å². The molecular formula is C16H28. The fourth-order valence-electron chi connectivity index (χ4n) is 1.71. The minimum absolute atomic E-state index is 1.14. The average Bonchev–Trinajstić information content (AvgIpc) is 2.31. The Kier molecular flexibility index (Phi) is 13.6. The summed E-state index contributed by atoms with van der Waals surface area (Å²) in [5.74, 6) is 0. The monoisotopic (exact) mass is 220 g/mol. The second kappa shape index (κ2) is 14.3. The molecule has 0 heterocycles. The number of allylic oxidation sites excluding steroid dienone is 3. The third-order valence-corrected chi connectivity index (χ3v) is 2.75. The van der Waals surface area contributed by atoms with Gasteiger partial charge in [-0.25, -0.2) is 0 Å². The Morgan fingerprint density at radius 1 is 0.812 bits per heavy atom. The summed E-state index contributed by atoms with van der Waals surface area (Å²) in [6, 6.07) is 0. The first-order chi connectivity index (χ1) is 7.91. The van der Waals surface area contributed by atoms with E-state index in [4.69, 9.17) is 0 Å². The van der Waals surface area contributed by atoms with Crippen molar-refractivity contribution >= 4 is 0 Å². The molecule has 0 saturated carbocycles. The molecule has 0 nitrogen and oxygen atoms in total. The molecule has 0 bridgehead atoms. The third-order valence-electron chi connectivity index (χ3n) is 2.75. The van der Waals surface area contributed by atoms with E-state index >= 15 is 0 Å². The smallest absolute Gasteiger partial charge is 0.0275 e. The molecule has 0 rings (SSSR count). The van der Waals surface area contributed by atoms with Crippen LogP contribution in [0.15, 0.2) is 30.5 Å². The van der Waals surface area contributed by atoms with Crippen molar-refractivity contribution in [3.8, 4) is 0 Å². The van der Waals surface area contributed by atoms with Gasteiger partial charge in [0.2, 0.25) is 0 Å². The first kappa shape index (κ1) is 15.3. The van der Waals surface area contributed by atoms with Crippen molar-refractivity contribution in [2.24, 2.45) is 0 Å². The first-order valence-corrected chi connectivity index (χ1v) is 6.91. The van der Waals surface area contributed by atoms with Crippen molar-refractivity contribution in [2.75, 3.05) is 0 Å². The van der Waals surface area contributed by atoms with E-state index < -0.39 is 0 Å². The van der Waals surface area contributed by atoms with Gasteiger partial charge in [-0.3, -0.25) is 0 Å². The van der Waals surface area contributed by atoms with E-state index in [9.17, 15) is 0 Å². The summed E-state index contributed by atoms with van der Waals surface area (Å²) in [6.45, 7) is 5.82. The van der Waals surface area contributed by atoms with Gasteiger partial charge in [0.15, 0.2) is 0 Å². The average molecular weight is 220 g/mol. The second-order valence-electron chi connectivity index (χ2n) is 4.37. The molecule has 0 spiro atoms. The lowest BCUT2D eigenvalue weighted by Crippen LogP contribution is -1.76. The molecule has 0 aromatic rings. The van der Waals surface area contributed by atoms with E-state index in [2.05, 4.69) is 31.4 Å². The molecule has 0 aromatic carbocycles. The zero-order valence-corrected chi connectivity index (χ0v) is 11.0. The summed E-state index contributed by atoms with van der Waals surface area (Å²) in [6.07, 6.45) is 19.9. The Morgan fingerprint density at radius 2 is 1.38 bits per heavy atom. The highest BCUT2D eigenvalue weighted by Crippen LogP contribution is 2.06. The van der Waals surface area contributed by atoms with Crippen LogP contribution in [0.25, 0.3) is 0 Å². The Labute approximate surface area is 102 Å². The minimum atomic E-state index is 1.14. The lowest BCUT2D eigenvalue weighted by molar-refractivity contribution is 0.670. The highest BCUT2D eigenvalue weighted by atomic mass is 13.9. The molecule has 0 aliphatic carbocycles. The lowest BCUT2D eigenvalue weighted by Gasteiger charge is -1.96. The number of rotatable bonds is 11. The molecule has 0 fully saturated rings. The lowest BCUT2D eigenvalue weighted by atomic mass is 10.1. The van der Waals surface area contributed by atoms with Gasteiger partial charge in [0.1, 0.15) is 0 Å². The van der Waals surface area contributed by atoms with Crippen LogP contribution >= 0.6 is 0 Å². The SMILES string of the molecule is C=C=CCCCCCC=CCCCCCC.